The van der Waals surface area contributed by atoms with E-state index in [0.717, 1.165) is 23.3 Å². The van der Waals surface area contributed by atoms with E-state index in [0.29, 0.717) is 17.5 Å². The molecule has 1 N–H and O–H groups in total. The van der Waals surface area contributed by atoms with Gasteiger partial charge >= 0.3 is 5.97 Å². The highest BCUT2D eigenvalue weighted by atomic mass is 32.1. The molecule has 1 aliphatic rings. The number of aromatic nitrogens is 2. The molecular weight excluding hydrogens is 332 g/mol. The third-order valence-electron chi connectivity index (χ3n) is 5.32. The molecule has 0 bridgehead atoms. The third-order valence-corrected chi connectivity index (χ3v) is 6.20. The SMILES string of the molecule is C[C@H]1CCCC[C@@H]1n1c(Cc2cccs2)nc2cc(C(=O)O)ccc21. The second kappa shape index (κ2) is 6.64. The maximum absolute atomic E-state index is 11.3. The fraction of sp³-hybridized carbons (Fsp3) is 0.400. The minimum Gasteiger partial charge on any atom is -0.478 e. The second-order valence-electron chi connectivity index (χ2n) is 6.99. The summed E-state index contributed by atoms with van der Waals surface area (Å²) in [4.78, 5) is 17.5. The Labute approximate surface area is 151 Å². The van der Waals surface area contributed by atoms with Gasteiger partial charge in [-0.3, -0.25) is 0 Å². The minimum atomic E-state index is -0.901. The topological polar surface area (TPSA) is 55.1 Å². The Balaban J connectivity index is 1.85. The fourth-order valence-corrected chi connectivity index (χ4v) is 4.73. The number of carboxylic acids is 1. The van der Waals surface area contributed by atoms with Crippen molar-refractivity contribution in [1.29, 1.82) is 0 Å². The van der Waals surface area contributed by atoms with E-state index >= 15 is 0 Å². The van der Waals surface area contributed by atoms with E-state index in [1.165, 1.54) is 30.6 Å². The number of hydrogen-bond donors (Lipinski definition) is 1. The van der Waals surface area contributed by atoms with Crippen molar-refractivity contribution in [2.75, 3.05) is 0 Å². The number of hydrogen-bond acceptors (Lipinski definition) is 3. The van der Waals surface area contributed by atoms with Gasteiger partial charge in [-0.2, -0.15) is 0 Å². The molecule has 3 aromatic rings. The molecule has 25 heavy (non-hydrogen) atoms. The van der Waals surface area contributed by atoms with Crippen LogP contribution in [0.25, 0.3) is 11.0 Å². The Morgan fingerprint density at radius 3 is 2.88 bits per heavy atom. The van der Waals surface area contributed by atoms with Crippen molar-refractivity contribution in [3.63, 3.8) is 0 Å². The number of imidazole rings is 1. The summed E-state index contributed by atoms with van der Waals surface area (Å²) in [6, 6.07) is 10.0. The van der Waals surface area contributed by atoms with Crippen LogP contribution in [0.1, 0.15) is 59.7 Å². The molecule has 2 atom stereocenters. The molecule has 130 valence electrons. The van der Waals surface area contributed by atoms with Crippen molar-refractivity contribution in [2.45, 2.75) is 45.1 Å². The minimum absolute atomic E-state index is 0.302. The lowest BCUT2D eigenvalue weighted by Crippen LogP contribution is -2.22. The van der Waals surface area contributed by atoms with Crippen LogP contribution < -0.4 is 0 Å². The summed E-state index contributed by atoms with van der Waals surface area (Å²) in [6.45, 7) is 2.33. The quantitative estimate of drug-likeness (QED) is 0.706. The Kier molecular flexibility index (Phi) is 4.34. The van der Waals surface area contributed by atoms with Crippen LogP contribution in [0.5, 0.6) is 0 Å². The lowest BCUT2D eigenvalue weighted by molar-refractivity contribution is 0.0697. The summed E-state index contributed by atoms with van der Waals surface area (Å²) < 4.78 is 2.39. The summed E-state index contributed by atoms with van der Waals surface area (Å²) in [5.74, 6) is 0.772. The summed E-state index contributed by atoms with van der Waals surface area (Å²) in [5.41, 5.74) is 2.16. The van der Waals surface area contributed by atoms with Crippen LogP contribution in [0.15, 0.2) is 35.7 Å². The van der Waals surface area contributed by atoms with Crippen LogP contribution >= 0.6 is 11.3 Å². The Bertz CT molecular complexity index is 898. The molecule has 4 nitrogen and oxygen atoms in total. The van der Waals surface area contributed by atoms with Crippen molar-refractivity contribution >= 4 is 28.3 Å². The van der Waals surface area contributed by atoms with Gasteiger partial charge in [-0.05, 0) is 48.4 Å². The molecule has 0 aliphatic heterocycles. The van der Waals surface area contributed by atoms with E-state index in [1.807, 2.05) is 6.07 Å². The zero-order chi connectivity index (χ0) is 17.4. The molecule has 4 rings (SSSR count). The Morgan fingerprint density at radius 2 is 2.16 bits per heavy atom. The summed E-state index contributed by atoms with van der Waals surface area (Å²) in [7, 11) is 0. The molecule has 2 heterocycles. The third kappa shape index (κ3) is 3.09. The van der Waals surface area contributed by atoms with Crippen molar-refractivity contribution in [3.05, 3.63) is 52.0 Å². The van der Waals surface area contributed by atoms with Crippen LogP contribution in [0.3, 0.4) is 0 Å². The molecule has 0 saturated heterocycles. The number of carboxylic acid groups (broad SMARTS) is 1. The van der Waals surface area contributed by atoms with E-state index in [9.17, 15) is 9.90 Å². The van der Waals surface area contributed by atoms with E-state index in [1.54, 1.807) is 23.5 Å². The van der Waals surface area contributed by atoms with E-state index in [-0.39, 0.29) is 0 Å². The second-order valence-corrected chi connectivity index (χ2v) is 8.02. The number of carbonyl (C=O) groups is 1. The molecule has 1 aliphatic carbocycles. The van der Waals surface area contributed by atoms with Crippen LogP contribution in [-0.4, -0.2) is 20.6 Å². The van der Waals surface area contributed by atoms with Gasteiger partial charge in [-0.1, -0.05) is 25.8 Å². The summed E-state index contributed by atoms with van der Waals surface area (Å²) >= 11 is 1.74. The largest absolute Gasteiger partial charge is 0.478 e. The zero-order valence-corrected chi connectivity index (χ0v) is 15.1. The summed E-state index contributed by atoms with van der Waals surface area (Å²) in [6.07, 6.45) is 5.77. The van der Waals surface area contributed by atoms with Gasteiger partial charge in [0.25, 0.3) is 0 Å². The lowest BCUT2D eigenvalue weighted by atomic mass is 9.85. The maximum atomic E-state index is 11.3. The first-order valence-corrected chi connectivity index (χ1v) is 9.78. The van der Waals surface area contributed by atoms with Crippen LogP contribution in [-0.2, 0) is 6.42 Å². The first-order valence-electron chi connectivity index (χ1n) is 8.90. The number of aromatic carboxylic acids is 1. The first-order chi connectivity index (χ1) is 12.1. The standard InChI is InChI=1S/C20H22N2O2S/c1-13-5-2-3-7-17(13)22-18-9-8-14(20(23)24)11-16(18)21-19(22)12-15-6-4-10-25-15/h4,6,8-11,13,17H,2-3,5,7,12H2,1H3,(H,23,24)/t13-,17-/m0/s1. The van der Waals surface area contributed by atoms with E-state index in [4.69, 9.17) is 4.98 Å². The number of thiophene rings is 1. The van der Waals surface area contributed by atoms with Gasteiger partial charge in [0.05, 0.1) is 16.6 Å². The molecular formula is C20H22N2O2S. The van der Waals surface area contributed by atoms with E-state index in [2.05, 4.69) is 29.0 Å². The predicted molar refractivity (Wildman–Crippen MR) is 100 cm³/mol. The molecule has 0 radical (unpaired) electrons. The maximum Gasteiger partial charge on any atom is 0.335 e. The fourth-order valence-electron chi connectivity index (χ4n) is 4.03. The predicted octanol–water partition coefficient (Wildman–Crippen LogP) is 5.14. The molecule has 0 amide bonds. The highest BCUT2D eigenvalue weighted by Gasteiger charge is 2.27. The van der Waals surface area contributed by atoms with Gasteiger partial charge in [0.2, 0.25) is 0 Å². The number of rotatable bonds is 4. The number of benzene rings is 1. The van der Waals surface area contributed by atoms with Gasteiger partial charge in [0.15, 0.2) is 0 Å². The molecule has 5 heteroatoms. The molecule has 1 fully saturated rings. The van der Waals surface area contributed by atoms with Gasteiger partial charge in [-0.15, -0.1) is 11.3 Å². The van der Waals surface area contributed by atoms with Crippen LogP contribution in [0, 0.1) is 5.92 Å². The first kappa shape index (κ1) is 16.3. The van der Waals surface area contributed by atoms with Gasteiger partial charge in [0.1, 0.15) is 5.82 Å². The molecule has 2 aromatic heterocycles. The normalized spacial score (nSPS) is 20.8. The molecule has 0 spiro atoms. The highest BCUT2D eigenvalue weighted by molar-refractivity contribution is 7.09. The van der Waals surface area contributed by atoms with Crippen LogP contribution in [0.4, 0.5) is 0 Å². The van der Waals surface area contributed by atoms with E-state index < -0.39 is 5.97 Å². The van der Waals surface area contributed by atoms with Crippen molar-refractivity contribution in [2.24, 2.45) is 5.92 Å². The van der Waals surface area contributed by atoms with Gasteiger partial charge in [0, 0.05) is 17.3 Å². The number of nitrogens with zero attached hydrogens (tertiary/aromatic N) is 2. The zero-order valence-electron chi connectivity index (χ0n) is 14.3. The lowest BCUT2D eigenvalue weighted by Gasteiger charge is -2.31. The van der Waals surface area contributed by atoms with Crippen LogP contribution in [0.2, 0.25) is 0 Å². The van der Waals surface area contributed by atoms with Gasteiger partial charge < -0.3 is 9.67 Å². The Hall–Kier alpha value is -2.14. The number of fused-ring (bicyclic) bond motifs is 1. The highest BCUT2D eigenvalue weighted by Crippen LogP contribution is 2.37. The molecule has 1 saturated carbocycles. The monoisotopic (exact) mass is 354 g/mol. The molecule has 0 unspecified atom stereocenters. The van der Waals surface area contributed by atoms with Crippen molar-refractivity contribution < 1.29 is 9.90 Å². The van der Waals surface area contributed by atoms with Crippen molar-refractivity contribution in [3.8, 4) is 0 Å². The van der Waals surface area contributed by atoms with Gasteiger partial charge in [-0.25, -0.2) is 9.78 Å². The van der Waals surface area contributed by atoms with Crippen molar-refractivity contribution in [1.82, 2.24) is 9.55 Å². The average molecular weight is 354 g/mol. The Morgan fingerprint density at radius 1 is 1.32 bits per heavy atom. The average Bonchev–Trinajstić information content (AvgIpc) is 3.22. The molecule has 1 aromatic carbocycles. The smallest absolute Gasteiger partial charge is 0.335 e. The summed E-state index contributed by atoms with van der Waals surface area (Å²) in [5, 5.41) is 11.4.